The molecule has 0 spiro atoms. The van der Waals surface area contributed by atoms with Gasteiger partial charge in [0.05, 0.1) is 0 Å². The lowest BCUT2D eigenvalue weighted by Crippen LogP contribution is -1.75. The van der Waals surface area contributed by atoms with Crippen molar-refractivity contribution in [3.05, 3.63) is 45.3 Å². The van der Waals surface area contributed by atoms with Crippen LogP contribution >= 0.6 is 11.6 Å². The molecule has 0 aliphatic heterocycles. The van der Waals surface area contributed by atoms with Crippen molar-refractivity contribution < 1.29 is 5.11 Å². The smallest absolute Gasteiger partial charge is 0.122 e. The lowest BCUT2D eigenvalue weighted by Gasteiger charge is -1.98. The van der Waals surface area contributed by atoms with Crippen molar-refractivity contribution in [2.45, 2.75) is 0 Å². The normalized spacial score (nSPS) is 10.1. The third-order valence-corrected chi connectivity index (χ3v) is 1.77. The third kappa shape index (κ3) is 3.01. The minimum Gasteiger partial charge on any atom is -0.507 e. The number of hydrogen-bond donors (Lipinski definition) is 1. The number of aromatic hydroxyl groups is 1. The van der Waals surface area contributed by atoms with Gasteiger partial charge in [0.2, 0.25) is 0 Å². The summed E-state index contributed by atoms with van der Waals surface area (Å²) in [5.74, 6) is 0.145. The lowest BCUT2D eigenvalue weighted by atomic mass is 10.2. The highest BCUT2D eigenvalue weighted by molar-refractivity contribution is 6.30. The molecule has 1 aromatic rings. The molecule has 14 heavy (non-hydrogen) atoms. The Balaban J connectivity index is 2.79. The molecule has 0 fully saturated rings. The summed E-state index contributed by atoms with van der Waals surface area (Å²) in [6.07, 6.45) is 3.29. The van der Waals surface area contributed by atoms with E-state index in [-0.39, 0.29) is 12.3 Å². The fourth-order valence-electron chi connectivity index (χ4n) is 0.922. The van der Waals surface area contributed by atoms with Crippen LogP contribution in [0.25, 0.3) is 16.5 Å². The van der Waals surface area contributed by atoms with Crippen molar-refractivity contribution >= 4 is 17.7 Å². The number of halogens is 1. The number of phenols is 1. The largest absolute Gasteiger partial charge is 0.507 e. The lowest BCUT2D eigenvalue weighted by molar-refractivity contribution is 0.474. The Bertz CT molecular complexity index is 397. The van der Waals surface area contributed by atoms with Crippen LogP contribution in [0, 0.1) is 0 Å². The maximum Gasteiger partial charge on any atom is 0.122 e. The average molecular weight is 210 g/mol. The monoisotopic (exact) mass is 209 g/mol. The number of phenolic OH excluding ortho intramolecular Hbond substituents is 1. The van der Waals surface area contributed by atoms with Gasteiger partial charge in [-0.2, -0.15) is 0 Å². The van der Waals surface area contributed by atoms with E-state index in [1.54, 1.807) is 24.3 Å². The molecular formula is C9H8ClN3O. The first-order valence-electron chi connectivity index (χ1n) is 3.90. The van der Waals surface area contributed by atoms with Gasteiger partial charge in [0.25, 0.3) is 0 Å². The fraction of sp³-hybridized carbons (Fsp3) is 0.111. The molecule has 1 aromatic carbocycles. The van der Waals surface area contributed by atoms with Crippen LogP contribution in [-0.2, 0) is 0 Å². The van der Waals surface area contributed by atoms with E-state index in [4.69, 9.17) is 17.1 Å². The minimum absolute atomic E-state index is 0.145. The quantitative estimate of drug-likeness (QED) is 0.463. The molecule has 0 aromatic heterocycles. The number of benzene rings is 1. The van der Waals surface area contributed by atoms with E-state index < -0.39 is 0 Å². The zero-order valence-electron chi connectivity index (χ0n) is 7.26. The summed E-state index contributed by atoms with van der Waals surface area (Å²) in [7, 11) is 0. The Morgan fingerprint density at radius 1 is 1.57 bits per heavy atom. The van der Waals surface area contributed by atoms with Gasteiger partial charge in [0, 0.05) is 22.0 Å². The number of azide groups is 1. The van der Waals surface area contributed by atoms with Crippen LogP contribution in [-0.4, -0.2) is 11.7 Å². The van der Waals surface area contributed by atoms with Crippen molar-refractivity contribution in [1.82, 2.24) is 0 Å². The zero-order valence-corrected chi connectivity index (χ0v) is 8.02. The van der Waals surface area contributed by atoms with Gasteiger partial charge < -0.3 is 5.11 Å². The van der Waals surface area contributed by atoms with Gasteiger partial charge in [-0.1, -0.05) is 28.9 Å². The first-order valence-corrected chi connectivity index (χ1v) is 4.28. The highest BCUT2D eigenvalue weighted by atomic mass is 35.5. The molecule has 0 saturated carbocycles. The molecule has 0 aliphatic carbocycles. The van der Waals surface area contributed by atoms with E-state index in [9.17, 15) is 5.11 Å². The number of nitrogens with zero attached hydrogens (tertiary/aromatic N) is 3. The molecule has 0 heterocycles. The summed E-state index contributed by atoms with van der Waals surface area (Å²) < 4.78 is 0. The summed E-state index contributed by atoms with van der Waals surface area (Å²) in [5.41, 5.74) is 8.62. The molecule has 1 N–H and O–H groups in total. The molecule has 0 bridgehead atoms. The van der Waals surface area contributed by atoms with Gasteiger partial charge in [0.15, 0.2) is 0 Å². The molecule has 0 atom stereocenters. The molecule has 0 aliphatic rings. The van der Waals surface area contributed by atoms with E-state index in [0.29, 0.717) is 10.6 Å². The second-order valence-corrected chi connectivity index (χ2v) is 2.96. The van der Waals surface area contributed by atoms with Crippen molar-refractivity contribution in [3.8, 4) is 5.75 Å². The Labute approximate surface area is 86.1 Å². The van der Waals surface area contributed by atoms with Gasteiger partial charge in [0.1, 0.15) is 5.75 Å². The standard InChI is InChI=1S/C9H8ClN3O/c10-8-3-4-9(14)7(6-8)2-1-5-12-13-11/h1-4,6,14H,5H2. The molecule has 0 amide bonds. The zero-order chi connectivity index (χ0) is 10.4. The van der Waals surface area contributed by atoms with Crippen LogP contribution in [0.3, 0.4) is 0 Å². The van der Waals surface area contributed by atoms with Gasteiger partial charge >= 0.3 is 0 Å². The van der Waals surface area contributed by atoms with E-state index in [0.717, 1.165) is 0 Å². The summed E-state index contributed by atoms with van der Waals surface area (Å²) in [6, 6.07) is 4.74. The highest BCUT2D eigenvalue weighted by Crippen LogP contribution is 2.22. The molecule has 72 valence electrons. The summed E-state index contributed by atoms with van der Waals surface area (Å²) in [4.78, 5) is 2.59. The molecule has 1 rings (SSSR count). The Kier molecular flexibility index (Phi) is 3.85. The Hall–Kier alpha value is -1.64. The second-order valence-electron chi connectivity index (χ2n) is 2.52. The Morgan fingerprint density at radius 3 is 3.07 bits per heavy atom. The van der Waals surface area contributed by atoms with Crippen LogP contribution in [0.15, 0.2) is 29.4 Å². The predicted molar refractivity (Wildman–Crippen MR) is 56.2 cm³/mol. The van der Waals surface area contributed by atoms with E-state index in [1.807, 2.05) is 0 Å². The highest BCUT2D eigenvalue weighted by Gasteiger charge is 1.96. The summed E-state index contributed by atoms with van der Waals surface area (Å²) >= 11 is 5.73. The second kappa shape index (κ2) is 5.17. The molecular weight excluding hydrogens is 202 g/mol. The maximum atomic E-state index is 9.38. The average Bonchev–Trinajstić information content (AvgIpc) is 2.18. The molecule has 4 nitrogen and oxygen atoms in total. The van der Waals surface area contributed by atoms with Crippen molar-refractivity contribution in [2.24, 2.45) is 5.11 Å². The van der Waals surface area contributed by atoms with Crippen LogP contribution in [0.2, 0.25) is 5.02 Å². The Morgan fingerprint density at radius 2 is 2.36 bits per heavy atom. The third-order valence-electron chi connectivity index (χ3n) is 1.54. The number of rotatable bonds is 3. The fourth-order valence-corrected chi connectivity index (χ4v) is 1.10. The first-order chi connectivity index (χ1) is 6.74. The minimum atomic E-state index is 0.145. The van der Waals surface area contributed by atoms with Gasteiger partial charge in [-0.15, -0.1) is 0 Å². The van der Waals surface area contributed by atoms with Crippen LogP contribution < -0.4 is 0 Å². The summed E-state index contributed by atoms with van der Waals surface area (Å²) in [5, 5.41) is 13.2. The summed E-state index contributed by atoms with van der Waals surface area (Å²) in [6.45, 7) is 0.252. The van der Waals surface area contributed by atoms with Crippen LogP contribution in [0.5, 0.6) is 5.75 Å². The first kappa shape index (κ1) is 10.4. The number of hydrogen-bond acceptors (Lipinski definition) is 2. The van der Waals surface area contributed by atoms with E-state index in [2.05, 4.69) is 10.0 Å². The van der Waals surface area contributed by atoms with Crippen LogP contribution in [0.1, 0.15) is 5.56 Å². The van der Waals surface area contributed by atoms with Crippen molar-refractivity contribution in [1.29, 1.82) is 0 Å². The van der Waals surface area contributed by atoms with Crippen LogP contribution in [0.4, 0.5) is 0 Å². The topological polar surface area (TPSA) is 69.0 Å². The SMILES string of the molecule is [N-]=[N+]=NCC=Cc1cc(Cl)ccc1O. The maximum absolute atomic E-state index is 9.38. The van der Waals surface area contributed by atoms with Gasteiger partial charge in [-0.25, -0.2) is 0 Å². The predicted octanol–water partition coefficient (Wildman–Crippen LogP) is 3.37. The van der Waals surface area contributed by atoms with Gasteiger partial charge in [-0.3, -0.25) is 0 Å². The molecule has 5 heteroatoms. The van der Waals surface area contributed by atoms with E-state index in [1.165, 1.54) is 6.07 Å². The molecule has 0 unspecified atom stereocenters. The van der Waals surface area contributed by atoms with Crippen molar-refractivity contribution in [2.75, 3.05) is 6.54 Å². The van der Waals surface area contributed by atoms with Crippen molar-refractivity contribution in [3.63, 3.8) is 0 Å². The molecule has 0 radical (unpaired) electrons. The molecule has 0 saturated heterocycles. The van der Waals surface area contributed by atoms with Gasteiger partial charge in [-0.05, 0) is 23.7 Å². The van der Waals surface area contributed by atoms with E-state index >= 15 is 0 Å².